The maximum atomic E-state index is 4.39. The number of hydrogen-bond donors (Lipinski definition) is 1. The SMILES string of the molecule is CCCCN(c1ccc(CNCC)nn1)C(C)CC. The molecule has 1 heterocycles. The number of nitrogens with one attached hydrogen (secondary N) is 1. The molecule has 0 aliphatic heterocycles. The fraction of sp³-hybridized carbons (Fsp3) is 0.733. The fourth-order valence-corrected chi connectivity index (χ4v) is 1.96. The topological polar surface area (TPSA) is 41.0 Å². The summed E-state index contributed by atoms with van der Waals surface area (Å²) < 4.78 is 0. The van der Waals surface area contributed by atoms with Gasteiger partial charge in [0.25, 0.3) is 0 Å². The second-order valence-corrected chi connectivity index (χ2v) is 4.97. The lowest BCUT2D eigenvalue weighted by Crippen LogP contribution is -2.34. The second-order valence-electron chi connectivity index (χ2n) is 4.97. The van der Waals surface area contributed by atoms with Gasteiger partial charge in [-0.1, -0.05) is 27.2 Å². The van der Waals surface area contributed by atoms with Crippen LogP contribution in [0.2, 0.25) is 0 Å². The molecule has 0 bridgehead atoms. The van der Waals surface area contributed by atoms with Crippen molar-refractivity contribution in [2.75, 3.05) is 18.0 Å². The third-order valence-corrected chi connectivity index (χ3v) is 3.43. The van der Waals surface area contributed by atoms with E-state index in [0.29, 0.717) is 6.04 Å². The highest BCUT2D eigenvalue weighted by Gasteiger charge is 2.14. The van der Waals surface area contributed by atoms with Crippen molar-refractivity contribution in [3.8, 4) is 0 Å². The molecule has 0 radical (unpaired) electrons. The summed E-state index contributed by atoms with van der Waals surface area (Å²) in [6.07, 6.45) is 3.54. The lowest BCUT2D eigenvalue weighted by molar-refractivity contribution is 0.584. The first-order valence-electron chi connectivity index (χ1n) is 7.52. The molecule has 0 aliphatic rings. The Morgan fingerprint density at radius 1 is 1.21 bits per heavy atom. The van der Waals surface area contributed by atoms with Crippen LogP contribution in [0.15, 0.2) is 12.1 Å². The van der Waals surface area contributed by atoms with Crippen molar-refractivity contribution in [3.63, 3.8) is 0 Å². The highest BCUT2D eigenvalue weighted by atomic mass is 15.3. The molecule has 1 atom stereocenters. The first-order chi connectivity index (χ1) is 9.22. The van der Waals surface area contributed by atoms with Gasteiger partial charge in [-0.25, -0.2) is 0 Å². The van der Waals surface area contributed by atoms with E-state index in [1.54, 1.807) is 0 Å². The van der Waals surface area contributed by atoms with Crippen LogP contribution in [0.1, 0.15) is 52.7 Å². The van der Waals surface area contributed by atoms with Crippen molar-refractivity contribution in [3.05, 3.63) is 17.8 Å². The Bertz CT molecular complexity index is 337. The lowest BCUT2D eigenvalue weighted by atomic mass is 10.2. The molecule has 0 saturated heterocycles. The first-order valence-corrected chi connectivity index (χ1v) is 7.52. The van der Waals surface area contributed by atoms with Crippen LogP contribution >= 0.6 is 0 Å². The Labute approximate surface area is 117 Å². The van der Waals surface area contributed by atoms with Crippen LogP contribution in [0.4, 0.5) is 5.82 Å². The number of unbranched alkanes of at least 4 members (excludes halogenated alkanes) is 1. The van der Waals surface area contributed by atoms with E-state index in [0.717, 1.165) is 37.6 Å². The highest BCUT2D eigenvalue weighted by Crippen LogP contribution is 2.16. The zero-order valence-electron chi connectivity index (χ0n) is 12.8. The number of rotatable bonds is 9. The predicted molar refractivity (Wildman–Crippen MR) is 81.4 cm³/mol. The quantitative estimate of drug-likeness (QED) is 0.744. The number of nitrogens with zero attached hydrogens (tertiary/aromatic N) is 3. The van der Waals surface area contributed by atoms with Crippen molar-refractivity contribution in [1.82, 2.24) is 15.5 Å². The zero-order valence-corrected chi connectivity index (χ0v) is 12.8. The van der Waals surface area contributed by atoms with E-state index in [1.807, 2.05) is 0 Å². The van der Waals surface area contributed by atoms with Crippen molar-refractivity contribution in [2.24, 2.45) is 0 Å². The van der Waals surface area contributed by atoms with E-state index in [1.165, 1.54) is 12.8 Å². The molecule has 19 heavy (non-hydrogen) atoms. The van der Waals surface area contributed by atoms with Crippen molar-refractivity contribution in [2.45, 2.75) is 59.5 Å². The fourth-order valence-electron chi connectivity index (χ4n) is 1.96. The largest absolute Gasteiger partial charge is 0.352 e. The molecule has 1 rings (SSSR count). The molecule has 0 spiro atoms. The van der Waals surface area contributed by atoms with Gasteiger partial charge in [-0.15, -0.1) is 5.10 Å². The third-order valence-electron chi connectivity index (χ3n) is 3.43. The summed E-state index contributed by atoms with van der Waals surface area (Å²) in [6, 6.07) is 4.69. The minimum absolute atomic E-state index is 0.514. The third kappa shape index (κ3) is 5.15. The molecule has 1 unspecified atom stereocenters. The first kappa shape index (κ1) is 15.9. The van der Waals surface area contributed by atoms with E-state index in [4.69, 9.17) is 0 Å². The average Bonchev–Trinajstić information content (AvgIpc) is 2.46. The van der Waals surface area contributed by atoms with Gasteiger partial charge in [0, 0.05) is 19.1 Å². The van der Waals surface area contributed by atoms with Crippen LogP contribution in [0.25, 0.3) is 0 Å². The van der Waals surface area contributed by atoms with E-state index >= 15 is 0 Å². The highest BCUT2D eigenvalue weighted by molar-refractivity contribution is 5.38. The Balaban J connectivity index is 2.72. The molecule has 1 aromatic rings. The second kappa shape index (κ2) is 8.86. The molecule has 0 saturated carbocycles. The minimum Gasteiger partial charge on any atom is -0.352 e. The molecular weight excluding hydrogens is 236 g/mol. The Hall–Kier alpha value is -1.16. The molecule has 0 fully saturated rings. The van der Waals surface area contributed by atoms with Gasteiger partial charge < -0.3 is 10.2 Å². The van der Waals surface area contributed by atoms with E-state index < -0.39 is 0 Å². The Kier molecular flexibility index (Phi) is 7.41. The van der Waals surface area contributed by atoms with Gasteiger partial charge in [0.15, 0.2) is 5.82 Å². The van der Waals surface area contributed by atoms with Crippen molar-refractivity contribution >= 4 is 5.82 Å². The summed E-state index contributed by atoms with van der Waals surface area (Å²) in [6.45, 7) is 11.6. The number of hydrogen-bond acceptors (Lipinski definition) is 4. The summed E-state index contributed by atoms with van der Waals surface area (Å²) in [5.74, 6) is 1.00. The van der Waals surface area contributed by atoms with Crippen LogP contribution in [0.3, 0.4) is 0 Å². The van der Waals surface area contributed by atoms with Gasteiger partial charge in [0.1, 0.15) is 0 Å². The van der Waals surface area contributed by atoms with Gasteiger partial charge in [0.05, 0.1) is 5.69 Å². The van der Waals surface area contributed by atoms with Gasteiger partial charge in [-0.05, 0) is 38.4 Å². The molecule has 4 nitrogen and oxygen atoms in total. The maximum Gasteiger partial charge on any atom is 0.151 e. The lowest BCUT2D eigenvalue weighted by Gasteiger charge is -2.29. The van der Waals surface area contributed by atoms with Gasteiger partial charge in [-0.3, -0.25) is 0 Å². The molecule has 0 aliphatic carbocycles. The molecule has 1 N–H and O–H groups in total. The molecule has 1 aromatic heterocycles. The minimum atomic E-state index is 0.514. The smallest absolute Gasteiger partial charge is 0.151 e. The number of aromatic nitrogens is 2. The Morgan fingerprint density at radius 3 is 2.53 bits per heavy atom. The zero-order chi connectivity index (χ0) is 14.1. The molecule has 108 valence electrons. The maximum absolute atomic E-state index is 4.39. The molecule has 0 aromatic carbocycles. The predicted octanol–water partition coefficient (Wildman–Crippen LogP) is 2.99. The van der Waals surface area contributed by atoms with Gasteiger partial charge >= 0.3 is 0 Å². The van der Waals surface area contributed by atoms with Crippen molar-refractivity contribution in [1.29, 1.82) is 0 Å². The van der Waals surface area contributed by atoms with E-state index in [2.05, 4.69) is 60.2 Å². The number of anilines is 1. The summed E-state index contributed by atoms with van der Waals surface area (Å²) in [7, 11) is 0. The molecule has 4 heteroatoms. The van der Waals surface area contributed by atoms with Crippen LogP contribution in [-0.2, 0) is 6.54 Å². The Morgan fingerprint density at radius 2 is 2.00 bits per heavy atom. The average molecular weight is 264 g/mol. The normalized spacial score (nSPS) is 12.4. The van der Waals surface area contributed by atoms with Crippen LogP contribution in [0, 0.1) is 0 Å². The van der Waals surface area contributed by atoms with Crippen LogP contribution in [0.5, 0.6) is 0 Å². The van der Waals surface area contributed by atoms with Crippen LogP contribution in [-0.4, -0.2) is 29.3 Å². The monoisotopic (exact) mass is 264 g/mol. The van der Waals surface area contributed by atoms with E-state index in [-0.39, 0.29) is 0 Å². The molecule has 0 amide bonds. The summed E-state index contributed by atoms with van der Waals surface area (Å²) in [5.41, 5.74) is 1.00. The van der Waals surface area contributed by atoms with E-state index in [9.17, 15) is 0 Å². The molecular formula is C15H28N4. The van der Waals surface area contributed by atoms with Gasteiger partial charge in [0.2, 0.25) is 0 Å². The standard InChI is InChI=1S/C15H28N4/c1-5-8-11-19(13(4)6-2)15-10-9-14(17-18-15)12-16-7-3/h9-10,13,16H,5-8,11-12H2,1-4H3. The van der Waals surface area contributed by atoms with Gasteiger partial charge in [-0.2, -0.15) is 5.10 Å². The summed E-state index contributed by atoms with van der Waals surface area (Å²) in [4.78, 5) is 2.37. The summed E-state index contributed by atoms with van der Waals surface area (Å²) >= 11 is 0. The van der Waals surface area contributed by atoms with Crippen molar-refractivity contribution < 1.29 is 0 Å². The van der Waals surface area contributed by atoms with Crippen LogP contribution < -0.4 is 10.2 Å². The summed E-state index contributed by atoms with van der Waals surface area (Å²) in [5, 5.41) is 12.0.